The molecule has 0 radical (unpaired) electrons. The van der Waals surface area contributed by atoms with Gasteiger partial charge < -0.3 is 15.8 Å². The maximum atomic E-state index is 13.6. The van der Waals surface area contributed by atoms with Gasteiger partial charge in [-0.15, -0.1) is 8.78 Å². The SMILES string of the molecule is NC(=O)C1(Br)C(NC(=O)c2cc(Br)nn2-c2ncccc2Cl)=CC=C2OC(F)(F)OC21. The number of pyridine rings is 1. The molecular weight excluding hydrogens is 571 g/mol. The fourth-order valence-electron chi connectivity index (χ4n) is 3.03. The Labute approximate surface area is 194 Å². The molecule has 31 heavy (non-hydrogen) atoms. The summed E-state index contributed by atoms with van der Waals surface area (Å²) in [6.45, 7) is 0. The van der Waals surface area contributed by atoms with Crippen LogP contribution in [0.2, 0.25) is 5.02 Å². The predicted octanol–water partition coefficient (Wildman–Crippen LogP) is 2.78. The van der Waals surface area contributed by atoms with Crippen molar-refractivity contribution < 1.29 is 27.8 Å². The van der Waals surface area contributed by atoms with E-state index < -0.39 is 28.5 Å². The van der Waals surface area contributed by atoms with E-state index in [1.54, 1.807) is 12.1 Å². The van der Waals surface area contributed by atoms with Crippen LogP contribution in [0.25, 0.3) is 5.82 Å². The lowest BCUT2D eigenvalue weighted by Crippen LogP contribution is -2.55. The van der Waals surface area contributed by atoms with Crippen molar-refractivity contribution in [1.82, 2.24) is 20.1 Å². The quantitative estimate of drug-likeness (QED) is 0.536. The number of amides is 2. The van der Waals surface area contributed by atoms with E-state index in [1.807, 2.05) is 0 Å². The highest BCUT2D eigenvalue weighted by Crippen LogP contribution is 2.47. The van der Waals surface area contributed by atoms with Crippen LogP contribution in [0.3, 0.4) is 0 Å². The van der Waals surface area contributed by atoms with Crippen LogP contribution in [0.5, 0.6) is 0 Å². The summed E-state index contributed by atoms with van der Waals surface area (Å²) >= 11 is 12.4. The van der Waals surface area contributed by atoms with Crippen molar-refractivity contribution in [2.24, 2.45) is 5.73 Å². The van der Waals surface area contributed by atoms with Gasteiger partial charge in [0.25, 0.3) is 5.91 Å². The van der Waals surface area contributed by atoms with Crippen molar-refractivity contribution >= 4 is 55.3 Å². The number of nitrogens with two attached hydrogens (primary N) is 1. The topological polar surface area (TPSA) is 121 Å². The molecular formula is C17H10Br2ClF2N5O4. The van der Waals surface area contributed by atoms with Crippen molar-refractivity contribution in [3.63, 3.8) is 0 Å². The summed E-state index contributed by atoms with van der Waals surface area (Å²) in [5.74, 6) is -1.99. The minimum Gasteiger partial charge on any atom is -0.411 e. The summed E-state index contributed by atoms with van der Waals surface area (Å²) in [5, 5.41) is 6.86. The van der Waals surface area contributed by atoms with Crippen LogP contribution in [0.4, 0.5) is 8.78 Å². The second-order valence-electron chi connectivity index (χ2n) is 6.32. The van der Waals surface area contributed by atoms with Gasteiger partial charge in [-0.25, -0.2) is 9.67 Å². The molecule has 1 aliphatic heterocycles. The fraction of sp³-hybridized carbons (Fsp3) is 0.176. The van der Waals surface area contributed by atoms with Gasteiger partial charge in [-0.2, -0.15) is 5.10 Å². The average Bonchev–Trinajstić information content (AvgIpc) is 3.23. The monoisotopic (exact) mass is 579 g/mol. The number of fused-ring (bicyclic) bond motifs is 1. The summed E-state index contributed by atoms with van der Waals surface area (Å²) in [6, 6.07) is 4.55. The number of aromatic nitrogens is 3. The van der Waals surface area contributed by atoms with Crippen LogP contribution in [0, 0.1) is 0 Å². The molecule has 162 valence electrons. The minimum absolute atomic E-state index is 0.0172. The van der Waals surface area contributed by atoms with Crippen molar-refractivity contribution in [2.75, 3.05) is 0 Å². The fourth-order valence-corrected chi connectivity index (χ4v) is 4.15. The maximum absolute atomic E-state index is 13.6. The number of hydrogen-bond acceptors (Lipinski definition) is 6. The standard InChI is InChI=1S/C17H10Br2ClF2N5O4/c18-11-6-8(27(26-11)13-7(20)2-1-5-24-13)14(28)25-10-4-3-9-12(16(10,19)15(23)29)31-17(21,22)30-9/h1-6,12H,(H2,23,29)(H,25,28). The molecule has 3 heterocycles. The van der Waals surface area contributed by atoms with E-state index in [0.29, 0.717) is 4.60 Å². The van der Waals surface area contributed by atoms with Gasteiger partial charge in [-0.05, 0) is 40.2 Å². The van der Waals surface area contributed by atoms with Crippen LogP contribution in [-0.2, 0) is 14.3 Å². The second kappa shape index (κ2) is 7.65. The van der Waals surface area contributed by atoms with Gasteiger partial charge in [0, 0.05) is 18.0 Å². The second-order valence-corrected chi connectivity index (χ2v) is 8.79. The number of rotatable bonds is 4. The van der Waals surface area contributed by atoms with Crippen LogP contribution >= 0.6 is 43.5 Å². The molecule has 2 aromatic rings. The number of nitrogens with one attached hydrogen (secondary N) is 1. The lowest BCUT2D eigenvalue weighted by molar-refractivity contribution is -0.342. The zero-order valence-electron chi connectivity index (χ0n) is 15.0. The molecule has 1 saturated heterocycles. The normalized spacial score (nSPS) is 24.0. The molecule has 4 rings (SSSR count). The zero-order chi connectivity index (χ0) is 22.6. The molecule has 2 atom stereocenters. The number of nitrogens with zero attached hydrogens (tertiary/aromatic N) is 3. The summed E-state index contributed by atoms with van der Waals surface area (Å²) in [7, 11) is 0. The van der Waals surface area contributed by atoms with E-state index in [2.05, 4.69) is 56.7 Å². The molecule has 2 unspecified atom stereocenters. The molecule has 0 saturated carbocycles. The molecule has 2 amide bonds. The number of hydrogen-bond donors (Lipinski definition) is 2. The molecule has 14 heteroatoms. The third-order valence-electron chi connectivity index (χ3n) is 4.38. The van der Waals surface area contributed by atoms with Gasteiger partial charge in [-0.1, -0.05) is 27.5 Å². The number of halogens is 5. The predicted molar refractivity (Wildman–Crippen MR) is 109 cm³/mol. The number of carbonyl (C=O) groups excluding carboxylic acids is 2. The third-order valence-corrected chi connectivity index (χ3v) is 6.29. The summed E-state index contributed by atoms with van der Waals surface area (Å²) in [6.07, 6.45) is -1.76. The van der Waals surface area contributed by atoms with Crippen molar-refractivity contribution in [1.29, 1.82) is 0 Å². The lowest BCUT2D eigenvalue weighted by atomic mass is 9.91. The Kier molecular flexibility index (Phi) is 5.40. The smallest absolute Gasteiger partial charge is 0.411 e. The Morgan fingerprint density at radius 3 is 2.77 bits per heavy atom. The number of alkyl halides is 3. The van der Waals surface area contributed by atoms with Gasteiger partial charge in [0.15, 0.2) is 16.2 Å². The van der Waals surface area contributed by atoms with E-state index in [4.69, 9.17) is 17.3 Å². The summed E-state index contributed by atoms with van der Waals surface area (Å²) in [4.78, 5) is 29.4. The highest BCUT2D eigenvalue weighted by molar-refractivity contribution is 9.10. The molecule has 0 spiro atoms. The minimum atomic E-state index is -3.96. The van der Waals surface area contributed by atoms with Gasteiger partial charge in [-0.3, -0.25) is 14.3 Å². The Morgan fingerprint density at radius 1 is 1.35 bits per heavy atom. The molecule has 0 aromatic carbocycles. The molecule has 2 aliphatic rings. The highest BCUT2D eigenvalue weighted by atomic mass is 79.9. The Hall–Kier alpha value is -2.35. The first-order valence-electron chi connectivity index (χ1n) is 8.36. The number of allylic oxidation sites excluding steroid dienone is 2. The van der Waals surface area contributed by atoms with E-state index in [-0.39, 0.29) is 28.0 Å². The first-order chi connectivity index (χ1) is 14.5. The van der Waals surface area contributed by atoms with E-state index in [1.165, 1.54) is 23.0 Å². The first-order valence-corrected chi connectivity index (χ1v) is 10.3. The van der Waals surface area contributed by atoms with Crippen LogP contribution in [-0.4, -0.2) is 43.3 Å². The highest BCUT2D eigenvalue weighted by Gasteiger charge is 2.61. The van der Waals surface area contributed by atoms with Crippen LogP contribution < -0.4 is 11.1 Å². The van der Waals surface area contributed by atoms with Crippen molar-refractivity contribution in [3.8, 4) is 5.82 Å². The zero-order valence-corrected chi connectivity index (χ0v) is 18.9. The van der Waals surface area contributed by atoms with Crippen LogP contribution in [0.1, 0.15) is 10.5 Å². The van der Waals surface area contributed by atoms with Gasteiger partial charge in [0.2, 0.25) is 5.91 Å². The van der Waals surface area contributed by atoms with Crippen molar-refractivity contribution in [3.05, 3.63) is 63.3 Å². The first kappa shape index (κ1) is 21.9. The Bertz CT molecular complexity index is 1170. The van der Waals surface area contributed by atoms with Crippen molar-refractivity contribution in [2.45, 2.75) is 16.7 Å². The van der Waals surface area contributed by atoms with Gasteiger partial charge in [0.1, 0.15) is 16.1 Å². The van der Waals surface area contributed by atoms with E-state index in [9.17, 15) is 18.4 Å². The van der Waals surface area contributed by atoms with E-state index >= 15 is 0 Å². The average molecular weight is 582 g/mol. The molecule has 3 N–H and O–H groups in total. The largest absolute Gasteiger partial charge is 0.535 e. The van der Waals surface area contributed by atoms with Crippen LogP contribution in [0.15, 0.2) is 52.6 Å². The Morgan fingerprint density at radius 2 is 2.10 bits per heavy atom. The number of primary amides is 1. The molecule has 9 nitrogen and oxygen atoms in total. The third kappa shape index (κ3) is 3.75. The molecule has 2 aromatic heterocycles. The molecule has 0 bridgehead atoms. The number of carbonyl (C=O) groups is 2. The van der Waals surface area contributed by atoms with E-state index in [0.717, 1.165) is 6.08 Å². The van der Waals surface area contributed by atoms with Gasteiger partial charge >= 0.3 is 6.29 Å². The maximum Gasteiger partial charge on any atom is 0.535 e. The summed E-state index contributed by atoms with van der Waals surface area (Å²) in [5.41, 5.74) is 5.30. The number of ether oxygens (including phenoxy) is 2. The summed E-state index contributed by atoms with van der Waals surface area (Å²) < 4.78 is 35.6. The lowest BCUT2D eigenvalue weighted by Gasteiger charge is -2.33. The molecule has 1 fully saturated rings. The Balaban J connectivity index is 1.70. The van der Waals surface area contributed by atoms with Gasteiger partial charge in [0.05, 0.1) is 5.02 Å². The molecule has 1 aliphatic carbocycles.